The molecule has 120 valence electrons. The van der Waals surface area contributed by atoms with Crippen molar-refractivity contribution in [1.29, 1.82) is 0 Å². The summed E-state index contributed by atoms with van der Waals surface area (Å²) in [6.45, 7) is 9.63. The molecule has 1 aliphatic heterocycles. The zero-order chi connectivity index (χ0) is 15.7. The summed E-state index contributed by atoms with van der Waals surface area (Å²) in [4.78, 5) is 0. The van der Waals surface area contributed by atoms with Gasteiger partial charge in [-0.25, -0.2) is 0 Å². The topological polar surface area (TPSA) is 38.7 Å². The Hall–Kier alpha value is -0.820. The number of hydrogen-bond donors (Lipinski definition) is 1. The summed E-state index contributed by atoms with van der Waals surface area (Å²) in [5.41, 5.74) is 0. The first-order chi connectivity index (χ1) is 9.98. The highest BCUT2D eigenvalue weighted by Crippen LogP contribution is 2.32. The lowest BCUT2D eigenvalue weighted by molar-refractivity contribution is -0.146. The van der Waals surface area contributed by atoms with E-state index in [1.165, 1.54) is 38.2 Å². The Morgan fingerprint density at radius 3 is 2.52 bits per heavy atom. The van der Waals surface area contributed by atoms with Gasteiger partial charge >= 0.3 is 0 Å². The van der Waals surface area contributed by atoms with Gasteiger partial charge in [-0.05, 0) is 20.3 Å². The smallest absolute Gasteiger partial charge is 0.163 e. The molecule has 0 aromatic heterocycles. The second-order valence-corrected chi connectivity index (χ2v) is 6.12. The summed E-state index contributed by atoms with van der Waals surface area (Å²) in [6, 6.07) is 0. The molecule has 3 nitrogen and oxygen atoms in total. The van der Waals surface area contributed by atoms with Crippen LogP contribution in [0.1, 0.15) is 65.7 Å². The van der Waals surface area contributed by atoms with Gasteiger partial charge in [0.05, 0.1) is 12.2 Å². The van der Waals surface area contributed by atoms with Gasteiger partial charge < -0.3 is 14.6 Å². The molecular weight excluding hydrogens is 264 g/mol. The minimum absolute atomic E-state index is 0.00399. The fourth-order valence-corrected chi connectivity index (χ4v) is 2.60. The second kappa shape index (κ2) is 9.25. The van der Waals surface area contributed by atoms with Crippen LogP contribution in [0.2, 0.25) is 0 Å². The molecule has 0 spiro atoms. The molecule has 0 aliphatic carbocycles. The normalized spacial score (nSPS) is 25.1. The molecule has 0 unspecified atom stereocenters. The number of ether oxygens (including phenoxy) is 2. The van der Waals surface area contributed by atoms with Crippen LogP contribution in [0.25, 0.3) is 0 Å². The zero-order valence-electron chi connectivity index (χ0n) is 13.7. The van der Waals surface area contributed by atoms with Crippen molar-refractivity contribution in [2.75, 3.05) is 0 Å². The molecule has 3 atom stereocenters. The van der Waals surface area contributed by atoms with E-state index in [0.717, 1.165) is 6.42 Å². The van der Waals surface area contributed by atoms with E-state index in [4.69, 9.17) is 9.47 Å². The maximum Gasteiger partial charge on any atom is 0.163 e. The summed E-state index contributed by atoms with van der Waals surface area (Å²) in [6.07, 6.45) is 8.67. The Kier molecular flexibility index (Phi) is 8.03. The van der Waals surface area contributed by atoms with E-state index in [0.29, 0.717) is 6.42 Å². The van der Waals surface area contributed by atoms with Gasteiger partial charge in [-0.3, -0.25) is 0 Å². The Morgan fingerprint density at radius 1 is 1.19 bits per heavy atom. The predicted molar refractivity (Wildman–Crippen MR) is 85.8 cm³/mol. The predicted octanol–water partition coefficient (Wildman–Crippen LogP) is 3.81. The Balaban J connectivity index is 2.42. The van der Waals surface area contributed by atoms with Crippen LogP contribution in [0.5, 0.6) is 0 Å². The number of unbranched alkanes of at least 4 members (excludes halogenated alkanes) is 4. The van der Waals surface area contributed by atoms with Crippen molar-refractivity contribution in [2.45, 2.75) is 89.8 Å². The van der Waals surface area contributed by atoms with Crippen LogP contribution >= 0.6 is 0 Å². The molecular formula is C18H30O3. The Bertz CT molecular complexity index is 364. The first-order valence-electron chi connectivity index (χ1n) is 8.13. The minimum Gasteiger partial charge on any atom is -0.377 e. The molecule has 0 bridgehead atoms. The fraction of sp³-hybridized carbons (Fsp3) is 0.778. The second-order valence-electron chi connectivity index (χ2n) is 6.12. The van der Waals surface area contributed by atoms with Crippen LogP contribution in [-0.2, 0) is 9.47 Å². The SMILES string of the molecule is C=C[C@H](O)C#CC[C@H]1OC(C)(C)O[C@@H]1CCCCCCC. The molecule has 0 saturated carbocycles. The summed E-state index contributed by atoms with van der Waals surface area (Å²) in [5.74, 6) is 5.19. The van der Waals surface area contributed by atoms with Gasteiger partial charge in [0.25, 0.3) is 0 Å². The molecule has 1 fully saturated rings. The fourth-order valence-electron chi connectivity index (χ4n) is 2.60. The van der Waals surface area contributed by atoms with Crippen LogP contribution in [0.3, 0.4) is 0 Å². The quantitative estimate of drug-likeness (QED) is 0.420. The van der Waals surface area contributed by atoms with Crippen LogP contribution in [-0.4, -0.2) is 29.2 Å². The third-order valence-electron chi connectivity index (χ3n) is 3.65. The third kappa shape index (κ3) is 7.13. The van der Waals surface area contributed by atoms with Gasteiger partial charge in [-0.15, -0.1) is 0 Å². The maximum absolute atomic E-state index is 9.36. The average Bonchev–Trinajstić information content (AvgIpc) is 2.73. The summed E-state index contributed by atoms with van der Waals surface area (Å²) >= 11 is 0. The van der Waals surface area contributed by atoms with Gasteiger partial charge in [0.2, 0.25) is 0 Å². The third-order valence-corrected chi connectivity index (χ3v) is 3.65. The lowest BCUT2D eigenvalue weighted by atomic mass is 10.0. The van der Waals surface area contributed by atoms with Crippen molar-refractivity contribution in [2.24, 2.45) is 0 Å². The molecule has 0 amide bonds. The van der Waals surface area contributed by atoms with Crippen molar-refractivity contribution in [3.8, 4) is 11.8 Å². The Labute approximate surface area is 129 Å². The standard InChI is InChI=1S/C18H30O3/c1-5-7-8-9-10-13-16-17(21-18(3,4)20-16)14-11-12-15(19)6-2/h6,15-17,19H,2,5,7-10,13-14H2,1,3-4H3/t15-,16+,17+/m0/s1. The van der Waals surface area contributed by atoms with Crippen molar-refractivity contribution in [3.05, 3.63) is 12.7 Å². The molecule has 1 rings (SSSR count). The van der Waals surface area contributed by atoms with Crippen molar-refractivity contribution >= 4 is 0 Å². The van der Waals surface area contributed by atoms with Crippen molar-refractivity contribution in [1.82, 2.24) is 0 Å². The van der Waals surface area contributed by atoms with E-state index in [9.17, 15) is 5.11 Å². The molecule has 3 heteroatoms. The summed E-state index contributed by atoms with van der Waals surface area (Å²) in [7, 11) is 0. The van der Waals surface area contributed by atoms with Gasteiger partial charge in [-0.2, -0.15) is 0 Å². The number of rotatable bonds is 8. The minimum atomic E-state index is -0.757. The molecule has 0 aromatic rings. The van der Waals surface area contributed by atoms with E-state index < -0.39 is 11.9 Å². The highest BCUT2D eigenvalue weighted by molar-refractivity contribution is 5.11. The number of hydrogen-bond acceptors (Lipinski definition) is 3. The lowest BCUT2D eigenvalue weighted by Gasteiger charge is -2.16. The van der Waals surface area contributed by atoms with Crippen molar-refractivity contribution in [3.63, 3.8) is 0 Å². The van der Waals surface area contributed by atoms with Crippen LogP contribution < -0.4 is 0 Å². The van der Waals surface area contributed by atoms with Gasteiger partial charge in [0.15, 0.2) is 5.79 Å². The van der Waals surface area contributed by atoms with Gasteiger partial charge in [0, 0.05) is 6.42 Å². The molecule has 1 saturated heterocycles. The van der Waals surface area contributed by atoms with Crippen LogP contribution in [0.15, 0.2) is 12.7 Å². The highest BCUT2D eigenvalue weighted by atomic mass is 16.7. The average molecular weight is 294 g/mol. The summed E-state index contributed by atoms with van der Waals surface area (Å²) in [5, 5.41) is 9.36. The summed E-state index contributed by atoms with van der Waals surface area (Å²) < 4.78 is 11.9. The van der Waals surface area contributed by atoms with E-state index in [1.54, 1.807) is 0 Å². The van der Waals surface area contributed by atoms with Crippen LogP contribution in [0, 0.1) is 11.8 Å². The van der Waals surface area contributed by atoms with Gasteiger partial charge in [-0.1, -0.05) is 63.5 Å². The first-order valence-corrected chi connectivity index (χ1v) is 8.13. The molecule has 1 N–H and O–H groups in total. The lowest BCUT2D eigenvalue weighted by Crippen LogP contribution is -2.22. The molecule has 21 heavy (non-hydrogen) atoms. The maximum atomic E-state index is 9.36. The zero-order valence-corrected chi connectivity index (χ0v) is 13.7. The van der Waals surface area contributed by atoms with E-state index in [-0.39, 0.29) is 12.2 Å². The Morgan fingerprint density at radius 2 is 1.86 bits per heavy atom. The largest absolute Gasteiger partial charge is 0.377 e. The molecule has 1 aliphatic rings. The van der Waals surface area contributed by atoms with E-state index >= 15 is 0 Å². The monoisotopic (exact) mass is 294 g/mol. The number of aliphatic hydroxyl groups is 1. The van der Waals surface area contributed by atoms with Gasteiger partial charge in [0.1, 0.15) is 6.10 Å². The molecule has 0 radical (unpaired) electrons. The van der Waals surface area contributed by atoms with E-state index in [1.807, 2.05) is 13.8 Å². The molecule has 1 heterocycles. The van der Waals surface area contributed by atoms with Crippen molar-refractivity contribution < 1.29 is 14.6 Å². The first kappa shape index (κ1) is 18.2. The highest BCUT2D eigenvalue weighted by Gasteiger charge is 2.40. The van der Waals surface area contributed by atoms with Crippen LogP contribution in [0.4, 0.5) is 0 Å². The number of aliphatic hydroxyl groups excluding tert-OH is 1. The molecule has 0 aromatic carbocycles. The van der Waals surface area contributed by atoms with E-state index in [2.05, 4.69) is 25.3 Å².